The van der Waals surface area contributed by atoms with Gasteiger partial charge in [0.15, 0.2) is 0 Å². The van der Waals surface area contributed by atoms with Gasteiger partial charge in [0, 0.05) is 25.3 Å². The highest BCUT2D eigenvalue weighted by Crippen LogP contribution is 2.29. The van der Waals surface area contributed by atoms with Crippen molar-refractivity contribution in [1.29, 1.82) is 0 Å². The van der Waals surface area contributed by atoms with E-state index in [1.807, 2.05) is 18.2 Å². The Morgan fingerprint density at radius 3 is 2.36 bits per heavy atom. The SMILES string of the molecule is COc1cc(COCCCCN2CCC(CNC(=O)c3cc(Cl)c(N)cc3OC)CC2)cc(OC)c1. The summed E-state index contributed by atoms with van der Waals surface area (Å²) in [5.74, 6) is 2.24. The van der Waals surface area contributed by atoms with Crippen molar-refractivity contribution in [3.05, 3.63) is 46.5 Å². The highest BCUT2D eigenvalue weighted by atomic mass is 35.5. The number of hydrogen-bond donors (Lipinski definition) is 2. The van der Waals surface area contributed by atoms with Gasteiger partial charge in [-0.1, -0.05) is 11.6 Å². The Kier molecular flexibility index (Phi) is 11.0. The number of anilines is 1. The standard InChI is InChI=1S/C27H38ClN3O5/c1-33-21-12-20(13-22(14-21)34-2)18-36-11-5-4-8-31-9-6-19(7-10-31)17-30-27(32)23-15-24(28)25(29)16-26(23)35-3/h12-16,19H,4-11,17-18,29H2,1-3H3,(H,30,32). The molecular formula is C27H38ClN3O5. The number of amides is 1. The summed E-state index contributed by atoms with van der Waals surface area (Å²) in [6, 6.07) is 8.93. The molecule has 0 aliphatic carbocycles. The van der Waals surface area contributed by atoms with E-state index in [1.54, 1.807) is 26.4 Å². The van der Waals surface area contributed by atoms with Gasteiger partial charge in [-0.25, -0.2) is 0 Å². The summed E-state index contributed by atoms with van der Waals surface area (Å²) in [5.41, 5.74) is 7.64. The Hall–Kier alpha value is -2.68. The fourth-order valence-electron chi connectivity index (χ4n) is 4.34. The van der Waals surface area contributed by atoms with Gasteiger partial charge in [-0.3, -0.25) is 4.79 Å². The van der Waals surface area contributed by atoms with Crippen LogP contribution in [0.5, 0.6) is 17.2 Å². The molecule has 8 nitrogen and oxygen atoms in total. The third-order valence-electron chi connectivity index (χ3n) is 6.51. The lowest BCUT2D eigenvalue weighted by Gasteiger charge is -2.32. The number of piperidine rings is 1. The molecule has 36 heavy (non-hydrogen) atoms. The molecule has 2 aromatic rings. The molecule has 1 saturated heterocycles. The van der Waals surface area contributed by atoms with Crippen LogP contribution in [0.15, 0.2) is 30.3 Å². The molecule has 1 aliphatic heterocycles. The Morgan fingerprint density at radius 2 is 1.72 bits per heavy atom. The van der Waals surface area contributed by atoms with Crippen molar-refractivity contribution in [3.63, 3.8) is 0 Å². The van der Waals surface area contributed by atoms with Crippen LogP contribution in [0, 0.1) is 5.92 Å². The number of nitrogen functional groups attached to an aromatic ring is 1. The van der Waals surface area contributed by atoms with E-state index >= 15 is 0 Å². The lowest BCUT2D eigenvalue weighted by molar-refractivity contribution is 0.0930. The van der Waals surface area contributed by atoms with Crippen molar-refractivity contribution in [2.45, 2.75) is 32.3 Å². The molecule has 1 aliphatic rings. The number of carbonyl (C=O) groups is 1. The van der Waals surface area contributed by atoms with Gasteiger partial charge in [-0.05, 0) is 75.0 Å². The fourth-order valence-corrected chi connectivity index (χ4v) is 4.50. The molecule has 1 fully saturated rings. The number of hydrogen-bond acceptors (Lipinski definition) is 7. The van der Waals surface area contributed by atoms with E-state index < -0.39 is 0 Å². The highest BCUT2D eigenvalue weighted by Gasteiger charge is 2.21. The zero-order valence-corrected chi connectivity index (χ0v) is 22.2. The van der Waals surface area contributed by atoms with E-state index in [4.69, 9.17) is 36.3 Å². The predicted octanol–water partition coefficient (Wildman–Crippen LogP) is 4.39. The first kappa shape index (κ1) is 27.9. The molecular weight excluding hydrogens is 482 g/mol. The second-order valence-corrected chi connectivity index (χ2v) is 9.46. The molecule has 0 bridgehead atoms. The van der Waals surface area contributed by atoms with E-state index in [1.165, 1.54) is 7.11 Å². The molecule has 0 saturated carbocycles. The zero-order valence-electron chi connectivity index (χ0n) is 21.5. The van der Waals surface area contributed by atoms with Crippen LogP contribution >= 0.6 is 11.6 Å². The molecule has 0 spiro atoms. The minimum Gasteiger partial charge on any atom is -0.497 e. The van der Waals surface area contributed by atoms with Crippen LogP contribution in [0.1, 0.15) is 41.6 Å². The number of halogens is 1. The predicted molar refractivity (Wildman–Crippen MR) is 142 cm³/mol. The summed E-state index contributed by atoms with van der Waals surface area (Å²) < 4.78 is 21.8. The molecule has 0 aromatic heterocycles. The summed E-state index contributed by atoms with van der Waals surface area (Å²) in [6.07, 6.45) is 4.24. The summed E-state index contributed by atoms with van der Waals surface area (Å²) in [6.45, 7) is 5.06. The molecule has 0 unspecified atom stereocenters. The number of unbranched alkanes of at least 4 members (excludes halogenated alkanes) is 1. The van der Waals surface area contributed by atoms with Gasteiger partial charge in [-0.15, -0.1) is 0 Å². The van der Waals surface area contributed by atoms with Crippen molar-refractivity contribution in [2.24, 2.45) is 5.92 Å². The fraction of sp³-hybridized carbons (Fsp3) is 0.519. The molecule has 3 N–H and O–H groups in total. The van der Waals surface area contributed by atoms with E-state index in [2.05, 4.69) is 10.2 Å². The van der Waals surface area contributed by atoms with Crippen molar-refractivity contribution >= 4 is 23.2 Å². The average molecular weight is 520 g/mol. The molecule has 1 amide bonds. The highest BCUT2D eigenvalue weighted by molar-refractivity contribution is 6.33. The number of nitrogens with zero attached hydrogens (tertiary/aromatic N) is 1. The lowest BCUT2D eigenvalue weighted by atomic mass is 9.96. The third kappa shape index (κ3) is 8.18. The van der Waals surface area contributed by atoms with E-state index in [-0.39, 0.29) is 5.91 Å². The number of nitrogens with one attached hydrogen (secondary N) is 1. The number of nitrogens with two attached hydrogens (primary N) is 1. The van der Waals surface area contributed by atoms with Crippen LogP contribution in [0.4, 0.5) is 5.69 Å². The maximum atomic E-state index is 12.7. The van der Waals surface area contributed by atoms with Gasteiger partial charge < -0.3 is 34.9 Å². The molecule has 0 atom stereocenters. The number of likely N-dealkylation sites (tertiary alicyclic amines) is 1. The van der Waals surface area contributed by atoms with Crippen molar-refractivity contribution in [2.75, 3.05) is 59.8 Å². The van der Waals surface area contributed by atoms with Gasteiger partial charge in [-0.2, -0.15) is 0 Å². The molecule has 198 valence electrons. The van der Waals surface area contributed by atoms with Crippen molar-refractivity contribution < 1.29 is 23.7 Å². The van der Waals surface area contributed by atoms with Gasteiger partial charge in [0.2, 0.25) is 0 Å². The van der Waals surface area contributed by atoms with Gasteiger partial charge in [0.1, 0.15) is 17.2 Å². The maximum Gasteiger partial charge on any atom is 0.255 e. The Balaban J connectivity index is 1.29. The molecule has 9 heteroatoms. The van der Waals surface area contributed by atoms with Gasteiger partial charge in [0.05, 0.1) is 44.2 Å². The smallest absolute Gasteiger partial charge is 0.255 e. The van der Waals surface area contributed by atoms with E-state index in [0.717, 1.165) is 69.0 Å². The van der Waals surface area contributed by atoms with Crippen LogP contribution in [0.3, 0.4) is 0 Å². The normalized spacial score (nSPS) is 14.4. The topological polar surface area (TPSA) is 95.3 Å². The number of rotatable bonds is 13. The second kappa shape index (κ2) is 14.2. The minimum absolute atomic E-state index is 0.191. The third-order valence-corrected chi connectivity index (χ3v) is 6.84. The Labute approximate surface area is 219 Å². The molecule has 0 radical (unpaired) electrons. The summed E-state index contributed by atoms with van der Waals surface area (Å²) in [7, 11) is 4.81. The summed E-state index contributed by atoms with van der Waals surface area (Å²) in [5, 5.41) is 3.38. The monoisotopic (exact) mass is 519 g/mol. The Morgan fingerprint density at radius 1 is 1.03 bits per heavy atom. The number of ether oxygens (including phenoxy) is 4. The molecule has 3 rings (SSSR count). The zero-order chi connectivity index (χ0) is 25.9. The number of benzene rings is 2. The van der Waals surface area contributed by atoms with Crippen LogP contribution in [-0.4, -0.2) is 64.9 Å². The quantitative estimate of drug-likeness (QED) is 0.299. The Bertz CT molecular complexity index is 973. The summed E-state index contributed by atoms with van der Waals surface area (Å²) >= 11 is 6.09. The van der Waals surface area contributed by atoms with Crippen LogP contribution in [0.25, 0.3) is 0 Å². The minimum atomic E-state index is -0.191. The second-order valence-electron chi connectivity index (χ2n) is 9.05. The van der Waals surface area contributed by atoms with Crippen molar-refractivity contribution in [3.8, 4) is 17.2 Å². The average Bonchev–Trinajstić information content (AvgIpc) is 2.90. The van der Waals surface area contributed by atoms with Crippen molar-refractivity contribution in [1.82, 2.24) is 10.2 Å². The largest absolute Gasteiger partial charge is 0.497 e. The first-order chi connectivity index (χ1) is 17.4. The summed E-state index contributed by atoms with van der Waals surface area (Å²) in [4.78, 5) is 15.1. The molecule has 2 aromatic carbocycles. The lowest BCUT2D eigenvalue weighted by Crippen LogP contribution is -2.39. The maximum absolute atomic E-state index is 12.7. The van der Waals surface area contributed by atoms with E-state index in [9.17, 15) is 4.79 Å². The van der Waals surface area contributed by atoms with Gasteiger partial charge in [0.25, 0.3) is 5.91 Å². The first-order valence-electron chi connectivity index (χ1n) is 12.4. The number of carbonyl (C=O) groups excluding carboxylic acids is 1. The first-order valence-corrected chi connectivity index (χ1v) is 12.7. The van der Waals surface area contributed by atoms with Crippen LogP contribution in [0.2, 0.25) is 5.02 Å². The van der Waals surface area contributed by atoms with Gasteiger partial charge >= 0.3 is 0 Å². The van der Waals surface area contributed by atoms with E-state index in [0.29, 0.717) is 41.1 Å². The molecule has 1 heterocycles. The van der Waals surface area contributed by atoms with Crippen LogP contribution in [-0.2, 0) is 11.3 Å². The number of methoxy groups -OCH3 is 3. The van der Waals surface area contributed by atoms with Crippen LogP contribution < -0.4 is 25.3 Å².